The van der Waals surface area contributed by atoms with E-state index in [2.05, 4.69) is 6.92 Å². The molecule has 0 radical (unpaired) electrons. The first-order valence-corrected chi connectivity index (χ1v) is 9.65. The highest BCUT2D eigenvalue weighted by molar-refractivity contribution is 5.97. The first-order valence-electron chi connectivity index (χ1n) is 9.65. The molecule has 0 saturated heterocycles. The van der Waals surface area contributed by atoms with Gasteiger partial charge in [-0.15, -0.1) is 0 Å². The molecule has 3 aliphatic rings. The molecule has 0 aromatic rings. The molecule has 3 rings (SSSR count). The number of rotatable bonds is 2. The summed E-state index contributed by atoms with van der Waals surface area (Å²) in [7, 11) is 1.46. The fraction of sp³-hybridized carbons (Fsp3) is 0.810. The minimum Gasteiger partial charge on any atom is -0.469 e. The fourth-order valence-electron chi connectivity index (χ4n) is 6.30. The van der Waals surface area contributed by atoms with Crippen molar-refractivity contribution >= 4 is 11.8 Å². The molecule has 0 unspecified atom stereocenters. The Morgan fingerprint density at radius 2 is 1.92 bits per heavy atom. The maximum Gasteiger partial charge on any atom is 0.311 e. The van der Waals surface area contributed by atoms with Gasteiger partial charge in [-0.2, -0.15) is 0 Å². The molecule has 25 heavy (non-hydrogen) atoms. The molecule has 0 amide bonds. The highest BCUT2D eigenvalue weighted by atomic mass is 16.5. The number of allylic oxidation sites excluding steroid dienone is 1. The van der Waals surface area contributed by atoms with Crippen molar-refractivity contribution in [3.8, 4) is 0 Å². The lowest BCUT2D eigenvalue weighted by Crippen LogP contribution is -2.61. The van der Waals surface area contributed by atoms with Crippen LogP contribution >= 0.6 is 0 Å². The Bertz CT molecular complexity index is 621. The Labute approximate surface area is 151 Å². The normalized spacial score (nSPS) is 44.0. The second-order valence-corrected chi connectivity index (χ2v) is 9.29. The standard InChI is InChI=1S/C21H32O4/c1-13(2)14-12-21(24)10-7-16-19(3,17(21)11-15(14)22)8-6-9-20(16,4)18(23)25-5/h12-13,16-17,24H,6-11H2,1-5H3/t16-,17-,19-,20+,21+/m0/s1. The third-order valence-corrected chi connectivity index (χ3v) is 7.60. The van der Waals surface area contributed by atoms with Gasteiger partial charge in [-0.1, -0.05) is 27.2 Å². The van der Waals surface area contributed by atoms with E-state index in [4.69, 9.17) is 4.74 Å². The van der Waals surface area contributed by atoms with E-state index < -0.39 is 11.0 Å². The van der Waals surface area contributed by atoms with Gasteiger partial charge in [0, 0.05) is 12.3 Å². The molecule has 2 saturated carbocycles. The molecule has 0 aromatic carbocycles. The van der Waals surface area contributed by atoms with Gasteiger partial charge in [0.05, 0.1) is 18.1 Å². The maximum atomic E-state index is 12.7. The Balaban J connectivity index is 2.04. The maximum absolute atomic E-state index is 12.7. The first kappa shape index (κ1) is 18.6. The zero-order chi connectivity index (χ0) is 18.6. The van der Waals surface area contributed by atoms with Crippen LogP contribution in [0.4, 0.5) is 0 Å². The van der Waals surface area contributed by atoms with E-state index in [1.54, 1.807) is 0 Å². The van der Waals surface area contributed by atoms with Crippen LogP contribution in [0.15, 0.2) is 11.6 Å². The van der Waals surface area contributed by atoms with Gasteiger partial charge in [0.15, 0.2) is 5.78 Å². The van der Waals surface area contributed by atoms with Gasteiger partial charge in [0.25, 0.3) is 0 Å². The summed E-state index contributed by atoms with van der Waals surface area (Å²) < 4.78 is 5.14. The predicted octanol–water partition coefficient (Wildman–Crippen LogP) is 3.67. The summed E-state index contributed by atoms with van der Waals surface area (Å²) in [5, 5.41) is 11.5. The molecule has 0 spiro atoms. The Morgan fingerprint density at radius 1 is 1.24 bits per heavy atom. The van der Waals surface area contributed by atoms with Crippen LogP contribution in [-0.2, 0) is 14.3 Å². The second-order valence-electron chi connectivity index (χ2n) is 9.29. The third kappa shape index (κ3) is 2.59. The Morgan fingerprint density at radius 3 is 2.52 bits per heavy atom. The average Bonchev–Trinajstić information content (AvgIpc) is 2.54. The zero-order valence-corrected chi connectivity index (χ0v) is 16.2. The smallest absolute Gasteiger partial charge is 0.311 e. The minimum absolute atomic E-state index is 0.113. The number of esters is 1. The number of ether oxygens (including phenoxy) is 1. The highest BCUT2D eigenvalue weighted by Crippen LogP contribution is 2.64. The topological polar surface area (TPSA) is 63.6 Å². The minimum atomic E-state index is -0.923. The molecule has 0 heterocycles. The molecule has 3 aliphatic carbocycles. The Kier molecular flexibility index (Phi) is 4.42. The van der Waals surface area contributed by atoms with E-state index in [-0.39, 0.29) is 34.9 Å². The van der Waals surface area contributed by atoms with Crippen LogP contribution in [0.5, 0.6) is 0 Å². The van der Waals surface area contributed by atoms with Gasteiger partial charge < -0.3 is 9.84 Å². The molecule has 0 bridgehead atoms. The fourth-order valence-corrected chi connectivity index (χ4v) is 6.30. The number of fused-ring (bicyclic) bond motifs is 3. The van der Waals surface area contributed by atoms with E-state index in [1.165, 1.54) is 7.11 Å². The molecule has 1 N–H and O–H groups in total. The molecule has 4 nitrogen and oxygen atoms in total. The molecule has 4 heteroatoms. The van der Waals surface area contributed by atoms with Crippen molar-refractivity contribution in [1.82, 2.24) is 0 Å². The van der Waals surface area contributed by atoms with Crippen LogP contribution in [0.25, 0.3) is 0 Å². The number of hydrogen-bond donors (Lipinski definition) is 1. The van der Waals surface area contributed by atoms with Crippen molar-refractivity contribution in [2.45, 2.75) is 71.8 Å². The monoisotopic (exact) mass is 348 g/mol. The summed E-state index contributed by atoms with van der Waals surface area (Å²) in [6.45, 7) is 8.23. The summed E-state index contributed by atoms with van der Waals surface area (Å²) in [5.41, 5.74) is -0.892. The summed E-state index contributed by atoms with van der Waals surface area (Å²) in [4.78, 5) is 25.3. The van der Waals surface area contributed by atoms with Gasteiger partial charge >= 0.3 is 5.97 Å². The quantitative estimate of drug-likeness (QED) is 0.774. The number of hydrogen-bond acceptors (Lipinski definition) is 4. The lowest BCUT2D eigenvalue weighted by atomic mass is 9.43. The van der Waals surface area contributed by atoms with E-state index in [0.717, 1.165) is 31.3 Å². The molecule has 0 aromatic heterocycles. The van der Waals surface area contributed by atoms with Crippen molar-refractivity contribution in [2.24, 2.45) is 28.6 Å². The number of carbonyl (C=O) groups excluding carboxylic acids is 2. The van der Waals surface area contributed by atoms with Gasteiger partial charge in [-0.25, -0.2) is 0 Å². The molecule has 0 aliphatic heterocycles. The van der Waals surface area contributed by atoms with E-state index in [9.17, 15) is 14.7 Å². The molecule has 140 valence electrons. The lowest BCUT2D eigenvalue weighted by molar-refractivity contribution is -0.189. The summed E-state index contributed by atoms with van der Waals surface area (Å²) in [5.74, 6) is 0.187. The van der Waals surface area contributed by atoms with E-state index in [0.29, 0.717) is 12.8 Å². The van der Waals surface area contributed by atoms with Gasteiger partial charge in [-0.3, -0.25) is 9.59 Å². The molecule has 5 atom stereocenters. The SMILES string of the molecule is COC(=O)[C@]1(C)CCC[C@@]2(C)[C@@H]1CC[C@@]1(O)C=C(C(C)C)C(=O)C[C@@H]21. The van der Waals surface area contributed by atoms with Crippen LogP contribution in [0.2, 0.25) is 0 Å². The predicted molar refractivity (Wildman–Crippen MR) is 95.8 cm³/mol. The van der Waals surface area contributed by atoms with E-state index >= 15 is 0 Å². The van der Waals surface area contributed by atoms with Crippen molar-refractivity contribution in [3.05, 3.63) is 11.6 Å². The third-order valence-electron chi connectivity index (χ3n) is 7.60. The number of aliphatic hydroxyl groups is 1. The molecular formula is C21H32O4. The lowest BCUT2D eigenvalue weighted by Gasteiger charge is -2.61. The highest BCUT2D eigenvalue weighted by Gasteiger charge is 2.63. The van der Waals surface area contributed by atoms with Crippen molar-refractivity contribution in [3.63, 3.8) is 0 Å². The van der Waals surface area contributed by atoms with Crippen molar-refractivity contribution < 1.29 is 19.4 Å². The number of ketones is 1. The van der Waals surface area contributed by atoms with E-state index in [1.807, 2.05) is 26.8 Å². The van der Waals surface area contributed by atoms with Crippen LogP contribution in [-0.4, -0.2) is 29.6 Å². The zero-order valence-electron chi connectivity index (χ0n) is 16.2. The van der Waals surface area contributed by atoms with Crippen molar-refractivity contribution in [2.75, 3.05) is 7.11 Å². The average molecular weight is 348 g/mol. The second kappa shape index (κ2) is 5.94. The number of Topliss-reactive ketones (excluding diaryl/α,β-unsaturated/α-hetero) is 1. The molecular weight excluding hydrogens is 316 g/mol. The van der Waals surface area contributed by atoms with Gasteiger partial charge in [0.1, 0.15) is 0 Å². The van der Waals surface area contributed by atoms with Crippen molar-refractivity contribution in [1.29, 1.82) is 0 Å². The Hall–Kier alpha value is -1.16. The van der Waals surface area contributed by atoms with Gasteiger partial charge in [0.2, 0.25) is 0 Å². The van der Waals surface area contributed by atoms with Crippen LogP contribution < -0.4 is 0 Å². The summed E-state index contributed by atoms with van der Waals surface area (Å²) in [6, 6.07) is 0. The molecule has 2 fully saturated rings. The number of methoxy groups -OCH3 is 1. The largest absolute Gasteiger partial charge is 0.469 e. The van der Waals surface area contributed by atoms with Crippen LogP contribution in [0.1, 0.15) is 66.2 Å². The van der Waals surface area contributed by atoms with Crippen LogP contribution in [0, 0.1) is 28.6 Å². The summed E-state index contributed by atoms with van der Waals surface area (Å²) >= 11 is 0. The first-order chi connectivity index (χ1) is 11.6. The van der Waals surface area contributed by atoms with Crippen LogP contribution in [0.3, 0.4) is 0 Å². The summed E-state index contributed by atoms with van der Waals surface area (Å²) in [6.07, 6.45) is 6.38. The van der Waals surface area contributed by atoms with Gasteiger partial charge in [-0.05, 0) is 61.5 Å². The number of carbonyl (C=O) groups is 2.